The number of ether oxygens (including phenoxy) is 1. The van der Waals surface area contributed by atoms with Crippen molar-refractivity contribution >= 4 is 17.9 Å². The molecular weight excluding hydrogens is 308 g/mol. The van der Waals surface area contributed by atoms with Gasteiger partial charge in [0.2, 0.25) is 0 Å². The molecule has 0 bridgehead atoms. The number of esters is 1. The Hall–Kier alpha value is -3.02. The minimum Gasteiger partial charge on any atom is -0.464 e. The Morgan fingerprint density at radius 1 is 1.25 bits per heavy atom. The molecule has 0 amide bonds. The Kier molecular flexibility index (Phi) is 6.19. The van der Waals surface area contributed by atoms with Crippen LogP contribution in [0.2, 0.25) is 0 Å². The van der Waals surface area contributed by atoms with Gasteiger partial charge < -0.3 is 4.74 Å². The molecule has 24 heavy (non-hydrogen) atoms. The fourth-order valence-electron chi connectivity index (χ4n) is 2.17. The largest absolute Gasteiger partial charge is 0.464 e. The summed E-state index contributed by atoms with van der Waals surface area (Å²) in [5, 5.41) is 10.8. The number of nitro benzene ring substituents is 1. The number of non-ortho nitro benzene ring substituents is 1. The average Bonchev–Trinajstić information content (AvgIpc) is 2.60. The second-order valence-corrected chi connectivity index (χ2v) is 5.09. The molecule has 2 aromatic carbocycles. The molecule has 1 atom stereocenters. The predicted molar refractivity (Wildman–Crippen MR) is 91.3 cm³/mol. The third-order valence-corrected chi connectivity index (χ3v) is 3.32. The first-order chi connectivity index (χ1) is 11.6. The lowest BCUT2D eigenvalue weighted by atomic mass is 10.1. The van der Waals surface area contributed by atoms with Gasteiger partial charge in [-0.3, -0.25) is 15.1 Å². The molecule has 1 unspecified atom stereocenters. The molecule has 0 saturated carbocycles. The van der Waals surface area contributed by atoms with Gasteiger partial charge in [0.05, 0.1) is 11.5 Å². The SMILES string of the molecule is CCOC(=O)C(Cc1ccccc1)N=Cc1cccc([N+](=O)[O-])c1. The Morgan fingerprint density at radius 2 is 2.00 bits per heavy atom. The lowest BCUT2D eigenvalue weighted by Gasteiger charge is -2.11. The van der Waals surface area contributed by atoms with E-state index in [1.807, 2.05) is 30.3 Å². The number of carbonyl (C=O) groups is 1. The fraction of sp³-hybridized carbons (Fsp3) is 0.222. The average molecular weight is 326 g/mol. The number of carbonyl (C=O) groups excluding carboxylic acids is 1. The minimum absolute atomic E-state index is 0.0188. The first kappa shape index (κ1) is 17.3. The van der Waals surface area contributed by atoms with Crippen LogP contribution in [0.5, 0.6) is 0 Å². The van der Waals surface area contributed by atoms with E-state index in [1.165, 1.54) is 18.3 Å². The Balaban J connectivity index is 2.19. The lowest BCUT2D eigenvalue weighted by molar-refractivity contribution is -0.384. The van der Waals surface area contributed by atoms with Gasteiger partial charge >= 0.3 is 5.97 Å². The van der Waals surface area contributed by atoms with E-state index in [0.717, 1.165) is 5.56 Å². The van der Waals surface area contributed by atoms with Crippen molar-refractivity contribution in [2.45, 2.75) is 19.4 Å². The van der Waals surface area contributed by atoms with Gasteiger partial charge in [-0.15, -0.1) is 0 Å². The van der Waals surface area contributed by atoms with Crippen LogP contribution in [-0.4, -0.2) is 29.8 Å². The maximum Gasteiger partial charge on any atom is 0.331 e. The van der Waals surface area contributed by atoms with Gasteiger partial charge in [-0.05, 0) is 18.1 Å². The zero-order valence-corrected chi connectivity index (χ0v) is 13.3. The maximum absolute atomic E-state index is 12.1. The van der Waals surface area contributed by atoms with Gasteiger partial charge in [-0.25, -0.2) is 4.79 Å². The molecule has 6 heteroatoms. The summed E-state index contributed by atoms with van der Waals surface area (Å²) in [4.78, 5) is 26.7. The van der Waals surface area contributed by atoms with Crippen molar-refractivity contribution in [2.24, 2.45) is 4.99 Å². The van der Waals surface area contributed by atoms with Gasteiger partial charge in [0.15, 0.2) is 6.04 Å². The Labute approximate surface area is 140 Å². The van der Waals surface area contributed by atoms with Crippen molar-refractivity contribution in [3.63, 3.8) is 0 Å². The van der Waals surface area contributed by atoms with Crippen molar-refractivity contribution in [3.8, 4) is 0 Å². The summed E-state index contributed by atoms with van der Waals surface area (Å²) in [7, 11) is 0. The first-order valence-corrected chi connectivity index (χ1v) is 7.58. The summed E-state index contributed by atoms with van der Waals surface area (Å²) >= 11 is 0. The molecule has 0 aromatic heterocycles. The highest BCUT2D eigenvalue weighted by molar-refractivity contribution is 5.84. The summed E-state index contributed by atoms with van der Waals surface area (Å²) in [5.41, 5.74) is 1.51. The summed E-state index contributed by atoms with van der Waals surface area (Å²) < 4.78 is 5.07. The zero-order valence-electron chi connectivity index (χ0n) is 13.3. The van der Waals surface area contributed by atoms with Crippen LogP contribution in [-0.2, 0) is 16.0 Å². The van der Waals surface area contributed by atoms with Crippen molar-refractivity contribution in [3.05, 3.63) is 75.8 Å². The Morgan fingerprint density at radius 3 is 2.67 bits per heavy atom. The van der Waals surface area contributed by atoms with Gasteiger partial charge in [-0.1, -0.05) is 42.5 Å². The monoisotopic (exact) mass is 326 g/mol. The van der Waals surface area contributed by atoms with Crippen LogP contribution in [0.15, 0.2) is 59.6 Å². The molecule has 2 aromatic rings. The molecule has 0 aliphatic carbocycles. The highest BCUT2D eigenvalue weighted by Gasteiger charge is 2.18. The van der Waals surface area contributed by atoms with E-state index in [9.17, 15) is 14.9 Å². The fourth-order valence-corrected chi connectivity index (χ4v) is 2.17. The number of hydrogen-bond donors (Lipinski definition) is 0. The van der Waals surface area contributed by atoms with Gasteiger partial charge in [0.25, 0.3) is 5.69 Å². The van der Waals surface area contributed by atoms with E-state index in [1.54, 1.807) is 19.1 Å². The van der Waals surface area contributed by atoms with Gasteiger partial charge in [-0.2, -0.15) is 0 Å². The first-order valence-electron chi connectivity index (χ1n) is 7.58. The van der Waals surface area contributed by atoms with Crippen LogP contribution < -0.4 is 0 Å². The van der Waals surface area contributed by atoms with E-state index in [0.29, 0.717) is 12.0 Å². The van der Waals surface area contributed by atoms with E-state index in [2.05, 4.69) is 4.99 Å². The number of nitrogens with zero attached hydrogens (tertiary/aromatic N) is 2. The van der Waals surface area contributed by atoms with E-state index in [4.69, 9.17) is 4.74 Å². The quantitative estimate of drug-likeness (QED) is 0.339. The number of hydrogen-bond acceptors (Lipinski definition) is 5. The maximum atomic E-state index is 12.1. The molecule has 0 heterocycles. The third kappa shape index (κ3) is 5.01. The summed E-state index contributed by atoms with van der Waals surface area (Å²) in [6.45, 7) is 2.01. The van der Waals surface area contributed by atoms with Crippen LogP contribution in [0, 0.1) is 10.1 Å². The summed E-state index contributed by atoms with van der Waals surface area (Å²) in [6.07, 6.45) is 1.88. The van der Waals surface area contributed by atoms with Crippen LogP contribution in [0.4, 0.5) is 5.69 Å². The van der Waals surface area contributed by atoms with Gasteiger partial charge in [0.1, 0.15) is 0 Å². The zero-order chi connectivity index (χ0) is 17.4. The summed E-state index contributed by atoms with van der Waals surface area (Å²) in [6, 6.07) is 14.9. The van der Waals surface area contributed by atoms with E-state index in [-0.39, 0.29) is 12.3 Å². The van der Waals surface area contributed by atoms with Crippen LogP contribution in [0.1, 0.15) is 18.1 Å². The standard InChI is InChI=1S/C18H18N2O4/c1-2-24-18(21)17(12-14-7-4-3-5-8-14)19-13-15-9-6-10-16(11-15)20(22)23/h3-11,13,17H,2,12H2,1H3. The van der Waals surface area contributed by atoms with Crippen molar-refractivity contribution in [1.82, 2.24) is 0 Å². The number of nitro groups is 1. The molecule has 0 N–H and O–H groups in total. The molecular formula is C18H18N2O4. The molecule has 2 rings (SSSR count). The Bertz CT molecular complexity index is 729. The predicted octanol–water partition coefficient (Wildman–Crippen LogP) is 3.19. The van der Waals surface area contributed by atoms with Crippen molar-refractivity contribution in [2.75, 3.05) is 6.61 Å². The molecule has 0 aliphatic heterocycles. The van der Waals surface area contributed by atoms with Crippen LogP contribution >= 0.6 is 0 Å². The normalized spacial score (nSPS) is 12.0. The van der Waals surface area contributed by atoms with Crippen LogP contribution in [0.3, 0.4) is 0 Å². The lowest BCUT2D eigenvalue weighted by Crippen LogP contribution is -2.24. The molecule has 0 spiro atoms. The number of benzene rings is 2. The molecule has 0 fully saturated rings. The third-order valence-electron chi connectivity index (χ3n) is 3.32. The smallest absolute Gasteiger partial charge is 0.331 e. The van der Waals surface area contributed by atoms with E-state index < -0.39 is 16.9 Å². The topological polar surface area (TPSA) is 81.8 Å². The number of aliphatic imine (C=N–C) groups is 1. The molecule has 0 aliphatic rings. The van der Waals surface area contributed by atoms with Crippen LogP contribution in [0.25, 0.3) is 0 Å². The second kappa shape index (κ2) is 8.57. The second-order valence-electron chi connectivity index (χ2n) is 5.09. The van der Waals surface area contributed by atoms with Crippen molar-refractivity contribution < 1.29 is 14.5 Å². The highest BCUT2D eigenvalue weighted by atomic mass is 16.6. The van der Waals surface area contributed by atoms with E-state index >= 15 is 0 Å². The number of rotatable bonds is 7. The van der Waals surface area contributed by atoms with Gasteiger partial charge in [0, 0.05) is 24.8 Å². The molecule has 124 valence electrons. The highest BCUT2D eigenvalue weighted by Crippen LogP contribution is 2.13. The molecule has 0 radical (unpaired) electrons. The minimum atomic E-state index is -0.688. The van der Waals surface area contributed by atoms with Crippen molar-refractivity contribution in [1.29, 1.82) is 0 Å². The molecule has 0 saturated heterocycles. The molecule has 6 nitrogen and oxygen atoms in total. The summed E-state index contributed by atoms with van der Waals surface area (Å²) in [5.74, 6) is -0.414.